The first-order chi connectivity index (χ1) is 10.2. The fourth-order valence-electron chi connectivity index (χ4n) is 2.55. The molecular weight excluding hydrogens is 262 g/mol. The van der Waals surface area contributed by atoms with Gasteiger partial charge >= 0.3 is 0 Å². The van der Waals surface area contributed by atoms with Crippen LogP contribution in [-0.4, -0.2) is 23.4 Å². The van der Waals surface area contributed by atoms with Crippen LogP contribution < -0.4 is 10.1 Å². The molecule has 0 saturated carbocycles. The molecule has 0 radical (unpaired) electrons. The number of benzene rings is 1. The van der Waals surface area contributed by atoms with Crippen LogP contribution in [0.5, 0.6) is 5.75 Å². The monoisotopic (exact) mass is 287 g/mol. The Kier molecular flexibility index (Phi) is 5.39. The van der Waals surface area contributed by atoms with Gasteiger partial charge in [0.05, 0.1) is 18.8 Å². The largest absolute Gasteiger partial charge is 0.496 e. The van der Waals surface area contributed by atoms with Gasteiger partial charge in [0, 0.05) is 12.7 Å². The summed E-state index contributed by atoms with van der Waals surface area (Å²) < 4.78 is 7.51. The Morgan fingerprint density at radius 2 is 2.10 bits per heavy atom. The molecule has 0 saturated heterocycles. The lowest BCUT2D eigenvalue weighted by molar-refractivity contribution is 0.410. The Bertz CT molecular complexity index is 577. The molecule has 114 valence electrons. The highest BCUT2D eigenvalue weighted by molar-refractivity contribution is 5.40. The summed E-state index contributed by atoms with van der Waals surface area (Å²) in [5.74, 6) is 0.929. The van der Waals surface area contributed by atoms with Crippen molar-refractivity contribution in [2.24, 2.45) is 0 Å². The Morgan fingerprint density at radius 1 is 1.29 bits per heavy atom. The van der Waals surface area contributed by atoms with Crippen molar-refractivity contribution in [3.63, 3.8) is 0 Å². The molecule has 1 unspecified atom stereocenters. The third-order valence-corrected chi connectivity index (χ3v) is 3.71. The van der Waals surface area contributed by atoms with E-state index in [1.807, 2.05) is 10.9 Å². The van der Waals surface area contributed by atoms with Crippen molar-refractivity contribution >= 4 is 0 Å². The van der Waals surface area contributed by atoms with Crippen LogP contribution in [0, 0.1) is 6.92 Å². The molecule has 0 bridgehead atoms. The molecule has 1 aromatic carbocycles. The van der Waals surface area contributed by atoms with E-state index < -0.39 is 0 Å². The summed E-state index contributed by atoms with van der Waals surface area (Å²) in [5.41, 5.74) is 3.55. The van der Waals surface area contributed by atoms with Gasteiger partial charge in [0.2, 0.25) is 0 Å². The van der Waals surface area contributed by atoms with Crippen LogP contribution in [0.15, 0.2) is 30.5 Å². The van der Waals surface area contributed by atoms with Gasteiger partial charge in [-0.05, 0) is 50.1 Å². The van der Waals surface area contributed by atoms with E-state index >= 15 is 0 Å². The van der Waals surface area contributed by atoms with Crippen molar-refractivity contribution in [1.29, 1.82) is 0 Å². The van der Waals surface area contributed by atoms with Gasteiger partial charge < -0.3 is 10.1 Å². The molecule has 0 spiro atoms. The molecule has 0 aliphatic heterocycles. The first-order valence-corrected chi connectivity index (χ1v) is 7.60. The Hall–Kier alpha value is -1.81. The van der Waals surface area contributed by atoms with Gasteiger partial charge in [-0.25, -0.2) is 0 Å². The molecule has 0 aliphatic carbocycles. The minimum atomic E-state index is 0.141. The van der Waals surface area contributed by atoms with Crippen LogP contribution in [0.1, 0.15) is 43.1 Å². The maximum atomic E-state index is 5.46. The minimum Gasteiger partial charge on any atom is -0.496 e. The van der Waals surface area contributed by atoms with Crippen molar-refractivity contribution in [2.75, 3.05) is 13.7 Å². The number of nitrogens with zero attached hydrogens (tertiary/aromatic N) is 2. The fraction of sp³-hybridized carbons (Fsp3) is 0.471. The number of ether oxygens (including phenoxy) is 1. The van der Waals surface area contributed by atoms with Gasteiger partial charge in [-0.2, -0.15) is 5.10 Å². The molecule has 2 rings (SSSR count). The van der Waals surface area contributed by atoms with Crippen molar-refractivity contribution in [2.45, 2.75) is 39.8 Å². The Morgan fingerprint density at radius 3 is 2.76 bits per heavy atom. The van der Waals surface area contributed by atoms with Crippen molar-refractivity contribution in [3.05, 3.63) is 47.3 Å². The number of aromatic nitrogens is 2. The summed E-state index contributed by atoms with van der Waals surface area (Å²) in [5, 5.41) is 8.01. The summed E-state index contributed by atoms with van der Waals surface area (Å²) in [7, 11) is 1.72. The number of nitrogens with one attached hydrogen (secondary N) is 1. The number of hydrogen-bond donors (Lipinski definition) is 1. The molecule has 21 heavy (non-hydrogen) atoms. The van der Waals surface area contributed by atoms with Gasteiger partial charge in [-0.1, -0.05) is 19.1 Å². The van der Waals surface area contributed by atoms with Crippen LogP contribution in [0.2, 0.25) is 0 Å². The van der Waals surface area contributed by atoms with Crippen molar-refractivity contribution in [1.82, 2.24) is 15.1 Å². The lowest BCUT2D eigenvalue weighted by Gasteiger charge is -2.21. The fourth-order valence-corrected chi connectivity index (χ4v) is 2.55. The van der Waals surface area contributed by atoms with Crippen LogP contribution in [0.3, 0.4) is 0 Å². The van der Waals surface area contributed by atoms with E-state index in [4.69, 9.17) is 4.74 Å². The molecule has 1 N–H and O–H groups in total. The Balaban J connectivity index is 2.40. The lowest BCUT2D eigenvalue weighted by atomic mass is 10.0. The third-order valence-electron chi connectivity index (χ3n) is 3.71. The van der Waals surface area contributed by atoms with Crippen LogP contribution in [0.25, 0.3) is 0 Å². The van der Waals surface area contributed by atoms with Gasteiger partial charge in [-0.15, -0.1) is 0 Å². The summed E-state index contributed by atoms with van der Waals surface area (Å²) in [6, 6.07) is 8.63. The topological polar surface area (TPSA) is 39.1 Å². The van der Waals surface area contributed by atoms with Gasteiger partial charge in [0.15, 0.2) is 0 Å². The van der Waals surface area contributed by atoms with Crippen molar-refractivity contribution < 1.29 is 4.74 Å². The number of hydrogen-bond acceptors (Lipinski definition) is 3. The normalized spacial score (nSPS) is 12.4. The molecule has 2 aromatic rings. The SMILES string of the molecule is CCCNC(c1ccc(C)c(OC)c1)c1ccnn1CC. The zero-order valence-corrected chi connectivity index (χ0v) is 13.4. The lowest BCUT2D eigenvalue weighted by Crippen LogP contribution is -2.25. The predicted molar refractivity (Wildman–Crippen MR) is 85.8 cm³/mol. The highest BCUT2D eigenvalue weighted by atomic mass is 16.5. The zero-order valence-electron chi connectivity index (χ0n) is 13.4. The predicted octanol–water partition coefficient (Wildman–Crippen LogP) is 3.31. The van der Waals surface area contributed by atoms with Gasteiger partial charge in [0.25, 0.3) is 0 Å². The molecule has 1 atom stereocenters. The standard InChI is InChI=1S/C17H25N3O/c1-5-10-18-17(15-9-11-19-20(15)6-2)14-8-7-13(3)16(12-14)21-4/h7-9,11-12,17-18H,5-6,10H2,1-4H3. The zero-order chi connectivity index (χ0) is 15.2. The van der Waals surface area contributed by atoms with E-state index in [1.165, 1.54) is 11.3 Å². The van der Waals surface area contributed by atoms with Crippen LogP contribution >= 0.6 is 0 Å². The summed E-state index contributed by atoms with van der Waals surface area (Å²) in [4.78, 5) is 0. The highest BCUT2D eigenvalue weighted by Gasteiger charge is 2.18. The van der Waals surface area contributed by atoms with E-state index in [9.17, 15) is 0 Å². The average Bonchev–Trinajstić information content (AvgIpc) is 2.97. The maximum absolute atomic E-state index is 5.46. The minimum absolute atomic E-state index is 0.141. The number of rotatable bonds is 7. The first-order valence-electron chi connectivity index (χ1n) is 7.60. The molecule has 0 fully saturated rings. The molecule has 0 aliphatic rings. The highest BCUT2D eigenvalue weighted by Crippen LogP contribution is 2.27. The van der Waals surface area contributed by atoms with Crippen LogP contribution in [-0.2, 0) is 6.54 Å². The number of aryl methyl sites for hydroxylation is 2. The maximum Gasteiger partial charge on any atom is 0.122 e. The van der Waals surface area contributed by atoms with E-state index in [0.717, 1.165) is 30.8 Å². The molecule has 1 heterocycles. The van der Waals surface area contributed by atoms with Crippen molar-refractivity contribution in [3.8, 4) is 5.75 Å². The Labute approximate surface area is 127 Å². The van der Waals surface area contributed by atoms with E-state index in [-0.39, 0.29) is 6.04 Å². The van der Waals surface area contributed by atoms with Gasteiger partial charge in [-0.3, -0.25) is 4.68 Å². The van der Waals surface area contributed by atoms with Gasteiger partial charge in [0.1, 0.15) is 5.75 Å². The smallest absolute Gasteiger partial charge is 0.122 e. The van der Waals surface area contributed by atoms with E-state index in [1.54, 1.807) is 7.11 Å². The summed E-state index contributed by atoms with van der Waals surface area (Å²) in [6.45, 7) is 8.19. The van der Waals surface area contributed by atoms with E-state index in [2.05, 4.69) is 55.5 Å². The molecule has 0 amide bonds. The second-order valence-electron chi connectivity index (χ2n) is 5.19. The molecule has 4 nitrogen and oxygen atoms in total. The van der Waals surface area contributed by atoms with Crippen LogP contribution in [0.4, 0.5) is 0 Å². The number of methoxy groups -OCH3 is 1. The molecule has 4 heteroatoms. The van der Waals surface area contributed by atoms with E-state index in [0.29, 0.717) is 0 Å². The molecule has 1 aromatic heterocycles. The summed E-state index contributed by atoms with van der Waals surface area (Å²) >= 11 is 0. The third kappa shape index (κ3) is 3.45. The second kappa shape index (κ2) is 7.27. The molecular formula is C17H25N3O. The average molecular weight is 287 g/mol. The quantitative estimate of drug-likeness (QED) is 0.849. The summed E-state index contributed by atoms with van der Waals surface area (Å²) in [6.07, 6.45) is 2.96. The second-order valence-corrected chi connectivity index (χ2v) is 5.19. The first kappa shape index (κ1) is 15.6.